The molecule has 21 heavy (non-hydrogen) atoms. The Morgan fingerprint density at radius 3 is 2.67 bits per heavy atom. The Bertz CT molecular complexity index is 523. The van der Waals surface area contributed by atoms with E-state index in [1.165, 1.54) is 0 Å². The number of carbonyl (C=O) groups excluding carboxylic acids is 1. The first-order valence-corrected chi connectivity index (χ1v) is 7.87. The SMILES string of the molecule is CCNc1cc(C(=O)N2CCC(C)(C)C2)cc(C(C)C)n1. The summed E-state index contributed by atoms with van der Waals surface area (Å²) in [6.07, 6.45) is 1.07. The third kappa shape index (κ3) is 3.74. The Labute approximate surface area is 127 Å². The molecule has 0 aromatic carbocycles. The van der Waals surface area contributed by atoms with E-state index in [-0.39, 0.29) is 11.3 Å². The van der Waals surface area contributed by atoms with Gasteiger partial charge in [-0.05, 0) is 36.8 Å². The number of hydrogen-bond acceptors (Lipinski definition) is 3. The molecular formula is C17H27N3O. The Morgan fingerprint density at radius 1 is 1.43 bits per heavy atom. The monoisotopic (exact) mass is 289 g/mol. The fraction of sp³-hybridized carbons (Fsp3) is 0.647. The van der Waals surface area contributed by atoms with Gasteiger partial charge in [0.05, 0.1) is 0 Å². The van der Waals surface area contributed by atoms with Gasteiger partial charge >= 0.3 is 0 Å². The van der Waals surface area contributed by atoms with E-state index in [1.54, 1.807) is 0 Å². The number of aromatic nitrogens is 1. The average Bonchev–Trinajstić information content (AvgIpc) is 2.78. The van der Waals surface area contributed by atoms with Crippen LogP contribution in [-0.4, -0.2) is 35.4 Å². The summed E-state index contributed by atoms with van der Waals surface area (Å²) in [7, 11) is 0. The lowest BCUT2D eigenvalue weighted by Gasteiger charge is -2.20. The number of nitrogens with zero attached hydrogens (tertiary/aromatic N) is 2. The van der Waals surface area contributed by atoms with Crippen LogP contribution in [0.4, 0.5) is 5.82 Å². The molecule has 0 bridgehead atoms. The summed E-state index contributed by atoms with van der Waals surface area (Å²) < 4.78 is 0. The van der Waals surface area contributed by atoms with E-state index in [0.717, 1.165) is 43.1 Å². The van der Waals surface area contributed by atoms with Crippen LogP contribution in [0.2, 0.25) is 0 Å². The van der Waals surface area contributed by atoms with Crippen molar-refractivity contribution < 1.29 is 4.79 Å². The summed E-state index contributed by atoms with van der Waals surface area (Å²) in [4.78, 5) is 19.3. The molecule has 0 saturated carbocycles. The first kappa shape index (κ1) is 15.8. The number of carbonyl (C=O) groups is 1. The fourth-order valence-electron chi connectivity index (χ4n) is 2.71. The van der Waals surface area contributed by atoms with Crippen LogP contribution in [0.3, 0.4) is 0 Å². The van der Waals surface area contributed by atoms with Crippen LogP contribution in [0.5, 0.6) is 0 Å². The van der Waals surface area contributed by atoms with E-state index in [0.29, 0.717) is 5.92 Å². The predicted octanol–water partition coefficient (Wildman–Crippen LogP) is 3.51. The van der Waals surface area contributed by atoms with E-state index in [2.05, 4.69) is 38.0 Å². The molecule has 2 rings (SSSR count). The second-order valence-electron chi connectivity index (χ2n) is 6.99. The van der Waals surface area contributed by atoms with Crippen LogP contribution in [0.1, 0.15) is 63.0 Å². The van der Waals surface area contributed by atoms with Crippen LogP contribution < -0.4 is 5.32 Å². The van der Waals surface area contributed by atoms with Gasteiger partial charge in [0.15, 0.2) is 0 Å². The maximum absolute atomic E-state index is 12.7. The minimum atomic E-state index is 0.129. The van der Waals surface area contributed by atoms with Gasteiger partial charge in [-0.1, -0.05) is 27.7 Å². The maximum Gasteiger partial charge on any atom is 0.254 e. The Balaban J connectivity index is 2.27. The molecule has 1 amide bonds. The molecule has 0 radical (unpaired) electrons. The molecule has 0 aliphatic carbocycles. The summed E-state index contributed by atoms with van der Waals surface area (Å²) in [6.45, 7) is 13.2. The number of nitrogens with one attached hydrogen (secondary N) is 1. The lowest BCUT2D eigenvalue weighted by molar-refractivity contribution is 0.0778. The van der Waals surface area contributed by atoms with E-state index >= 15 is 0 Å². The number of likely N-dealkylation sites (tertiary alicyclic amines) is 1. The lowest BCUT2D eigenvalue weighted by atomic mass is 9.93. The fourth-order valence-corrected chi connectivity index (χ4v) is 2.71. The van der Waals surface area contributed by atoms with Gasteiger partial charge in [0.1, 0.15) is 5.82 Å². The van der Waals surface area contributed by atoms with Crippen LogP contribution in [0, 0.1) is 5.41 Å². The molecule has 2 heterocycles. The minimum Gasteiger partial charge on any atom is -0.370 e. The van der Waals surface area contributed by atoms with Crippen molar-refractivity contribution >= 4 is 11.7 Å². The summed E-state index contributed by atoms with van der Waals surface area (Å²) in [5, 5.41) is 3.22. The normalized spacial score (nSPS) is 17.3. The lowest BCUT2D eigenvalue weighted by Crippen LogP contribution is -2.30. The molecule has 1 aliphatic rings. The molecule has 1 fully saturated rings. The molecule has 0 atom stereocenters. The molecule has 1 aromatic heterocycles. The van der Waals surface area contributed by atoms with Crippen molar-refractivity contribution in [2.24, 2.45) is 5.41 Å². The van der Waals surface area contributed by atoms with Gasteiger partial charge in [-0.3, -0.25) is 4.79 Å². The van der Waals surface area contributed by atoms with Crippen molar-refractivity contribution in [2.45, 2.75) is 47.0 Å². The summed E-state index contributed by atoms with van der Waals surface area (Å²) in [6, 6.07) is 3.82. The van der Waals surface area contributed by atoms with Gasteiger partial charge in [-0.15, -0.1) is 0 Å². The van der Waals surface area contributed by atoms with Gasteiger partial charge in [0.2, 0.25) is 0 Å². The minimum absolute atomic E-state index is 0.129. The summed E-state index contributed by atoms with van der Waals surface area (Å²) in [5.41, 5.74) is 1.95. The number of anilines is 1. The molecule has 1 saturated heterocycles. The predicted molar refractivity (Wildman–Crippen MR) is 86.8 cm³/mol. The standard InChI is InChI=1S/C17H27N3O/c1-6-18-15-10-13(9-14(19-15)12(2)3)16(21)20-8-7-17(4,5)11-20/h9-10,12H,6-8,11H2,1-5H3,(H,18,19). The Kier molecular flexibility index (Phi) is 4.55. The van der Waals surface area contributed by atoms with E-state index in [9.17, 15) is 4.79 Å². The average molecular weight is 289 g/mol. The van der Waals surface area contributed by atoms with E-state index < -0.39 is 0 Å². The molecular weight excluding hydrogens is 262 g/mol. The highest BCUT2D eigenvalue weighted by Crippen LogP contribution is 2.30. The first-order chi connectivity index (χ1) is 9.82. The number of rotatable bonds is 4. The molecule has 1 aliphatic heterocycles. The van der Waals surface area contributed by atoms with Gasteiger partial charge in [0, 0.05) is 30.9 Å². The quantitative estimate of drug-likeness (QED) is 0.922. The van der Waals surface area contributed by atoms with Crippen LogP contribution in [0.15, 0.2) is 12.1 Å². The van der Waals surface area contributed by atoms with Gasteiger partial charge in [-0.2, -0.15) is 0 Å². The number of hydrogen-bond donors (Lipinski definition) is 1. The van der Waals surface area contributed by atoms with Crippen LogP contribution in [0.25, 0.3) is 0 Å². The zero-order chi connectivity index (χ0) is 15.6. The summed E-state index contributed by atoms with van der Waals surface area (Å²) >= 11 is 0. The molecule has 116 valence electrons. The first-order valence-electron chi connectivity index (χ1n) is 7.87. The highest BCUT2D eigenvalue weighted by molar-refractivity contribution is 5.95. The molecule has 4 nitrogen and oxygen atoms in total. The zero-order valence-electron chi connectivity index (χ0n) is 13.9. The highest BCUT2D eigenvalue weighted by atomic mass is 16.2. The largest absolute Gasteiger partial charge is 0.370 e. The molecule has 0 unspecified atom stereocenters. The third-order valence-corrected chi connectivity index (χ3v) is 4.01. The van der Waals surface area contributed by atoms with Crippen molar-refractivity contribution in [3.8, 4) is 0 Å². The second kappa shape index (κ2) is 6.04. The van der Waals surface area contributed by atoms with Gasteiger partial charge in [-0.25, -0.2) is 4.98 Å². The molecule has 1 N–H and O–H groups in total. The number of pyridine rings is 1. The van der Waals surface area contributed by atoms with Crippen molar-refractivity contribution in [2.75, 3.05) is 25.0 Å². The Hall–Kier alpha value is -1.58. The topological polar surface area (TPSA) is 45.2 Å². The van der Waals surface area contributed by atoms with Crippen molar-refractivity contribution in [3.05, 3.63) is 23.4 Å². The van der Waals surface area contributed by atoms with Crippen molar-refractivity contribution in [1.29, 1.82) is 0 Å². The highest BCUT2D eigenvalue weighted by Gasteiger charge is 2.32. The van der Waals surface area contributed by atoms with Gasteiger partial charge < -0.3 is 10.2 Å². The smallest absolute Gasteiger partial charge is 0.254 e. The second-order valence-corrected chi connectivity index (χ2v) is 6.99. The van der Waals surface area contributed by atoms with Crippen LogP contribution in [-0.2, 0) is 0 Å². The van der Waals surface area contributed by atoms with Gasteiger partial charge in [0.25, 0.3) is 5.91 Å². The molecule has 0 spiro atoms. The van der Waals surface area contributed by atoms with E-state index in [4.69, 9.17) is 0 Å². The zero-order valence-corrected chi connectivity index (χ0v) is 13.9. The maximum atomic E-state index is 12.7. The number of amides is 1. The van der Waals surface area contributed by atoms with Crippen molar-refractivity contribution in [1.82, 2.24) is 9.88 Å². The Morgan fingerprint density at radius 2 is 2.14 bits per heavy atom. The van der Waals surface area contributed by atoms with Crippen LogP contribution >= 0.6 is 0 Å². The third-order valence-electron chi connectivity index (χ3n) is 4.01. The molecule has 4 heteroatoms. The van der Waals surface area contributed by atoms with Crippen molar-refractivity contribution in [3.63, 3.8) is 0 Å². The molecule has 1 aromatic rings. The van der Waals surface area contributed by atoms with E-state index in [1.807, 2.05) is 24.0 Å². The summed E-state index contributed by atoms with van der Waals surface area (Å²) in [5.74, 6) is 1.24.